The first-order chi connectivity index (χ1) is 16.3. The molecule has 5 amide bonds. The van der Waals surface area contributed by atoms with E-state index in [0.717, 1.165) is 0 Å². The van der Waals surface area contributed by atoms with Crippen LogP contribution in [0, 0.1) is 17.8 Å². The Bertz CT molecular complexity index is 836. The summed E-state index contributed by atoms with van der Waals surface area (Å²) in [5.41, 5.74) is 0. The van der Waals surface area contributed by atoms with Crippen LogP contribution < -0.4 is 26.6 Å². The number of nitrogens with one attached hydrogen (secondary N) is 5. The summed E-state index contributed by atoms with van der Waals surface area (Å²) in [5.74, 6) is -3.20. The number of carbonyl (C=O) groups excluding carboxylic acids is 4. The standard InChI is InChI=1S/C24H39N5O6/c1-13(2)16-10-11-18(30)25-12-8-7-9-17(21(31)26-16)27-22(32)19(14(3)4)28-24(35)29-20(15(5)6)23(33)34/h7,9-11,13-17,19-20H,8,12H2,1-6H3,(H,25,30)(H,26,31)(H,27,32)(H,33,34)(H2,28,29,35)/b9-7-,11-10-/t16-,17-,19-,20-/m0/s1. The molecule has 1 heterocycles. The van der Waals surface area contributed by atoms with Gasteiger partial charge in [-0.05, 0) is 24.2 Å². The molecule has 0 saturated carbocycles. The van der Waals surface area contributed by atoms with Crippen LogP contribution in [0.25, 0.3) is 0 Å². The van der Waals surface area contributed by atoms with Crippen LogP contribution in [-0.2, 0) is 19.2 Å². The molecule has 1 rings (SSSR count). The van der Waals surface area contributed by atoms with Gasteiger partial charge in [0.15, 0.2) is 0 Å². The Hall–Kier alpha value is -3.37. The van der Waals surface area contributed by atoms with E-state index in [0.29, 0.717) is 13.0 Å². The number of hydrogen-bond donors (Lipinski definition) is 6. The van der Waals surface area contributed by atoms with Gasteiger partial charge in [-0.15, -0.1) is 0 Å². The Morgan fingerprint density at radius 2 is 1.57 bits per heavy atom. The molecule has 0 aromatic carbocycles. The van der Waals surface area contributed by atoms with E-state index in [1.54, 1.807) is 45.9 Å². The number of amides is 5. The molecule has 0 bridgehead atoms. The van der Waals surface area contributed by atoms with Crippen molar-refractivity contribution in [1.29, 1.82) is 0 Å². The SMILES string of the molecule is CC(C)[C@@H]1/C=C\C(=O)NCC/C=C\[C@H](NC(=O)[C@@H](NC(=O)N[C@H](C(=O)O)C(C)C)C(C)C)C(=O)N1. The van der Waals surface area contributed by atoms with Crippen molar-refractivity contribution in [2.24, 2.45) is 17.8 Å². The highest BCUT2D eigenvalue weighted by atomic mass is 16.4. The Balaban J connectivity index is 3.01. The number of carbonyl (C=O) groups is 5. The van der Waals surface area contributed by atoms with Crippen molar-refractivity contribution >= 4 is 29.7 Å². The molecule has 11 heteroatoms. The van der Waals surface area contributed by atoms with Crippen molar-refractivity contribution < 1.29 is 29.1 Å². The largest absolute Gasteiger partial charge is 0.480 e. The maximum Gasteiger partial charge on any atom is 0.326 e. The molecule has 0 unspecified atom stereocenters. The third kappa shape index (κ3) is 10.2. The first-order valence-electron chi connectivity index (χ1n) is 11.9. The summed E-state index contributed by atoms with van der Waals surface area (Å²) in [5, 5.41) is 22.4. The van der Waals surface area contributed by atoms with Gasteiger partial charge in [0, 0.05) is 18.7 Å². The molecule has 1 aliphatic heterocycles. The van der Waals surface area contributed by atoms with E-state index in [1.807, 2.05) is 13.8 Å². The van der Waals surface area contributed by atoms with Crippen LogP contribution in [0.1, 0.15) is 48.0 Å². The molecule has 11 nitrogen and oxygen atoms in total. The van der Waals surface area contributed by atoms with Crippen LogP contribution in [0.3, 0.4) is 0 Å². The van der Waals surface area contributed by atoms with Crippen molar-refractivity contribution in [2.45, 2.75) is 72.1 Å². The third-order valence-corrected chi connectivity index (χ3v) is 5.46. The lowest BCUT2D eigenvalue weighted by Crippen LogP contribution is -2.58. The maximum atomic E-state index is 13.1. The van der Waals surface area contributed by atoms with Gasteiger partial charge >= 0.3 is 12.0 Å². The van der Waals surface area contributed by atoms with Gasteiger partial charge in [0.05, 0.1) is 0 Å². The monoisotopic (exact) mass is 493 g/mol. The Morgan fingerprint density at radius 3 is 2.11 bits per heavy atom. The highest BCUT2D eigenvalue weighted by Crippen LogP contribution is 2.08. The van der Waals surface area contributed by atoms with E-state index in [2.05, 4.69) is 26.6 Å². The molecule has 0 aromatic rings. The molecule has 0 fully saturated rings. The molecular formula is C24H39N5O6. The number of carboxylic acid groups (broad SMARTS) is 1. The molecule has 0 saturated heterocycles. The van der Waals surface area contributed by atoms with Crippen LogP contribution in [0.2, 0.25) is 0 Å². The number of hydrogen-bond acceptors (Lipinski definition) is 5. The van der Waals surface area contributed by atoms with Crippen molar-refractivity contribution in [3.63, 3.8) is 0 Å². The fraction of sp³-hybridized carbons (Fsp3) is 0.625. The zero-order valence-corrected chi connectivity index (χ0v) is 21.3. The molecule has 0 aromatic heterocycles. The Morgan fingerprint density at radius 1 is 0.971 bits per heavy atom. The summed E-state index contributed by atoms with van der Waals surface area (Å²) in [6.45, 7) is 10.9. The second-order valence-corrected chi connectivity index (χ2v) is 9.53. The van der Waals surface area contributed by atoms with Crippen LogP contribution in [-0.4, -0.2) is 65.5 Å². The van der Waals surface area contributed by atoms with Crippen molar-refractivity contribution in [2.75, 3.05) is 6.54 Å². The second-order valence-electron chi connectivity index (χ2n) is 9.53. The lowest BCUT2D eigenvalue weighted by Gasteiger charge is -2.27. The van der Waals surface area contributed by atoms with Crippen LogP contribution in [0.15, 0.2) is 24.3 Å². The number of urea groups is 1. The minimum absolute atomic E-state index is 0.0109. The molecule has 6 N–H and O–H groups in total. The Labute approximate surface area is 206 Å². The fourth-order valence-electron chi connectivity index (χ4n) is 3.27. The van der Waals surface area contributed by atoms with E-state index in [1.165, 1.54) is 6.08 Å². The lowest BCUT2D eigenvalue weighted by atomic mass is 10.0. The van der Waals surface area contributed by atoms with Crippen molar-refractivity contribution in [3.05, 3.63) is 24.3 Å². The second kappa shape index (κ2) is 14.1. The number of carboxylic acids is 1. The van der Waals surface area contributed by atoms with Crippen LogP contribution in [0.5, 0.6) is 0 Å². The number of rotatable bonds is 8. The Kier molecular flexibility index (Phi) is 12.0. The maximum absolute atomic E-state index is 13.1. The molecule has 0 aliphatic carbocycles. The molecule has 1 aliphatic rings. The first-order valence-corrected chi connectivity index (χ1v) is 11.9. The van der Waals surface area contributed by atoms with Gasteiger partial charge in [-0.25, -0.2) is 9.59 Å². The lowest BCUT2D eigenvalue weighted by molar-refractivity contribution is -0.140. The summed E-state index contributed by atoms with van der Waals surface area (Å²) in [4.78, 5) is 61.7. The zero-order chi connectivity index (χ0) is 26.7. The third-order valence-electron chi connectivity index (χ3n) is 5.46. The molecular weight excluding hydrogens is 454 g/mol. The van der Waals surface area contributed by atoms with E-state index < -0.39 is 48.0 Å². The minimum Gasteiger partial charge on any atom is -0.480 e. The molecule has 4 atom stereocenters. The predicted molar refractivity (Wildman–Crippen MR) is 131 cm³/mol. The van der Waals surface area contributed by atoms with E-state index in [-0.39, 0.29) is 23.7 Å². The van der Waals surface area contributed by atoms with Crippen LogP contribution in [0.4, 0.5) is 4.79 Å². The van der Waals surface area contributed by atoms with Gasteiger partial charge in [-0.2, -0.15) is 0 Å². The molecule has 196 valence electrons. The zero-order valence-electron chi connectivity index (χ0n) is 21.3. The summed E-state index contributed by atoms with van der Waals surface area (Å²) in [6, 6.07) is -4.37. The quantitative estimate of drug-likeness (QED) is 0.272. The van der Waals surface area contributed by atoms with E-state index in [9.17, 15) is 29.1 Å². The summed E-state index contributed by atoms with van der Waals surface area (Å²) >= 11 is 0. The topological polar surface area (TPSA) is 166 Å². The highest BCUT2D eigenvalue weighted by Gasteiger charge is 2.30. The molecule has 35 heavy (non-hydrogen) atoms. The summed E-state index contributed by atoms with van der Waals surface area (Å²) < 4.78 is 0. The van der Waals surface area contributed by atoms with Crippen LogP contribution >= 0.6 is 0 Å². The summed E-state index contributed by atoms with van der Waals surface area (Å²) in [7, 11) is 0. The van der Waals surface area contributed by atoms with E-state index >= 15 is 0 Å². The fourth-order valence-corrected chi connectivity index (χ4v) is 3.27. The smallest absolute Gasteiger partial charge is 0.326 e. The van der Waals surface area contributed by atoms with Gasteiger partial charge in [-0.1, -0.05) is 59.8 Å². The van der Waals surface area contributed by atoms with Gasteiger partial charge in [0.1, 0.15) is 18.1 Å². The van der Waals surface area contributed by atoms with Gasteiger partial charge in [0.2, 0.25) is 17.7 Å². The number of aliphatic carboxylic acids is 1. The summed E-state index contributed by atoms with van der Waals surface area (Å²) in [6.07, 6.45) is 6.66. The minimum atomic E-state index is -1.18. The van der Waals surface area contributed by atoms with Gasteiger partial charge < -0.3 is 31.7 Å². The first kappa shape index (κ1) is 29.7. The predicted octanol–water partition coefficient (Wildman–Crippen LogP) is 0.677. The molecule has 0 spiro atoms. The normalized spacial score (nSPS) is 22.7. The van der Waals surface area contributed by atoms with Gasteiger partial charge in [-0.3, -0.25) is 14.4 Å². The van der Waals surface area contributed by atoms with E-state index in [4.69, 9.17) is 0 Å². The van der Waals surface area contributed by atoms with Crippen molar-refractivity contribution in [3.8, 4) is 0 Å². The van der Waals surface area contributed by atoms with Gasteiger partial charge in [0.25, 0.3) is 0 Å². The van der Waals surface area contributed by atoms with Crippen molar-refractivity contribution in [1.82, 2.24) is 26.6 Å². The molecule has 0 radical (unpaired) electrons. The highest BCUT2D eigenvalue weighted by molar-refractivity contribution is 5.94. The average Bonchev–Trinajstić information content (AvgIpc) is 2.75. The average molecular weight is 494 g/mol.